The highest BCUT2D eigenvalue weighted by atomic mass is 16.6. The lowest BCUT2D eigenvalue weighted by molar-refractivity contribution is -0.143. The number of hydrogen-bond acceptors (Lipinski definition) is 5. The first-order chi connectivity index (χ1) is 13.4. The van der Waals surface area contributed by atoms with Crippen LogP contribution in [0.2, 0.25) is 0 Å². The zero-order valence-corrected chi connectivity index (χ0v) is 16.2. The van der Waals surface area contributed by atoms with Gasteiger partial charge in [-0.3, -0.25) is 9.59 Å². The van der Waals surface area contributed by atoms with E-state index in [1.54, 1.807) is 24.3 Å². The molecule has 2 N–H and O–H groups in total. The molecule has 2 aromatic carbocycles. The van der Waals surface area contributed by atoms with Crippen LogP contribution < -0.4 is 15.4 Å². The molecule has 0 aliphatic carbocycles. The molecule has 0 aliphatic rings. The van der Waals surface area contributed by atoms with Gasteiger partial charge < -0.3 is 20.1 Å². The first-order valence-corrected chi connectivity index (χ1v) is 8.80. The van der Waals surface area contributed by atoms with Crippen LogP contribution in [0.5, 0.6) is 5.75 Å². The van der Waals surface area contributed by atoms with Gasteiger partial charge >= 0.3 is 5.97 Å². The number of carbonyl (C=O) groups excluding carboxylic acids is 3. The van der Waals surface area contributed by atoms with Gasteiger partial charge in [-0.1, -0.05) is 29.8 Å². The van der Waals surface area contributed by atoms with Crippen LogP contribution in [-0.4, -0.2) is 31.5 Å². The van der Waals surface area contributed by atoms with E-state index in [1.807, 2.05) is 31.2 Å². The number of aryl methyl sites for hydroxylation is 1. The molecule has 2 rings (SSSR count). The Morgan fingerprint density at radius 1 is 1.00 bits per heavy atom. The molecule has 28 heavy (non-hydrogen) atoms. The summed E-state index contributed by atoms with van der Waals surface area (Å²) in [5, 5.41) is 5.60. The zero-order valence-electron chi connectivity index (χ0n) is 16.2. The average molecular weight is 384 g/mol. The highest BCUT2D eigenvalue weighted by Gasteiger charge is 2.17. The number of anilines is 1. The van der Waals surface area contributed by atoms with Crippen molar-refractivity contribution in [1.82, 2.24) is 5.32 Å². The molecular formula is C21H24N2O5. The molecular weight excluding hydrogens is 360 g/mol. The van der Waals surface area contributed by atoms with E-state index in [4.69, 9.17) is 4.74 Å². The minimum absolute atomic E-state index is 0.100. The van der Waals surface area contributed by atoms with Crippen molar-refractivity contribution in [3.05, 3.63) is 59.7 Å². The third-order valence-corrected chi connectivity index (χ3v) is 3.97. The van der Waals surface area contributed by atoms with Crippen LogP contribution >= 0.6 is 0 Å². The Labute approximate surface area is 164 Å². The highest BCUT2D eigenvalue weighted by molar-refractivity contribution is 5.91. The van der Waals surface area contributed by atoms with Crippen LogP contribution in [0.25, 0.3) is 0 Å². The van der Waals surface area contributed by atoms with Gasteiger partial charge in [-0.05, 0) is 36.8 Å². The lowest BCUT2D eigenvalue weighted by Crippen LogP contribution is -2.29. The number of amides is 2. The van der Waals surface area contributed by atoms with E-state index < -0.39 is 12.0 Å². The Bertz CT molecular complexity index is 816. The van der Waals surface area contributed by atoms with Gasteiger partial charge in [0, 0.05) is 12.6 Å². The first-order valence-electron chi connectivity index (χ1n) is 8.80. The molecule has 0 saturated heterocycles. The fourth-order valence-electron chi connectivity index (χ4n) is 2.53. The van der Waals surface area contributed by atoms with E-state index in [1.165, 1.54) is 14.0 Å². The molecule has 0 saturated carbocycles. The second-order valence-corrected chi connectivity index (χ2v) is 6.31. The molecule has 1 unspecified atom stereocenters. The van der Waals surface area contributed by atoms with Crippen molar-refractivity contribution in [2.24, 2.45) is 0 Å². The van der Waals surface area contributed by atoms with Crippen LogP contribution in [0.4, 0.5) is 5.69 Å². The fourth-order valence-corrected chi connectivity index (χ4v) is 2.53. The van der Waals surface area contributed by atoms with Gasteiger partial charge in [0.05, 0.1) is 19.6 Å². The Balaban J connectivity index is 1.97. The van der Waals surface area contributed by atoms with E-state index in [2.05, 4.69) is 15.4 Å². The molecule has 0 heterocycles. The van der Waals surface area contributed by atoms with Crippen molar-refractivity contribution in [3.63, 3.8) is 0 Å². The van der Waals surface area contributed by atoms with Crippen molar-refractivity contribution < 1.29 is 23.9 Å². The van der Waals surface area contributed by atoms with E-state index in [-0.39, 0.29) is 24.8 Å². The highest BCUT2D eigenvalue weighted by Crippen LogP contribution is 2.20. The van der Waals surface area contributed by atoms with Crippen molar-refractivity contribution in [2.45, 2.75) is 26.3 Å². The molecule has 2 amide bonds. The van der Waals surface area contributed by atoms with Gasteiger partial charge in [0.15, 0.2) is 6.61 Å². The molecule has 0 aromatic heterocycles. The minimum atomic E-state index is -0.475. The minimum Gasteiger partial charge on any atom is -0.482 e. The van der Waals surface area contributed by atoms with Crippen LogP contribution in [0, 0.1) is 6.92 Å². The summed E-state index contributed by atoms with van der Waals surface area (Å²) in [5.74, 6) is -0.426. The molecule has 7 heteroatoms. The maximum absolute atomic E-state index is 12.4. The molecule has 7 nitrogen and oxygen atoms in total. The number of carbonyl (C=O) groups is 3. The van der Waals surface area contributed by atoms with Crippen LogP contribution in [0.3, 0.4) is 0 Å². The van der Waals surface area contributed by atoms with Crippen LogP contribution in [0.1, 0.15) is 30.5 Å². The summed E-state index contributed by atoms with van der Waals surface area (Å²) < 4.78 is 9.76. The molecule has 1 atom stereocenters. The van der Waals surface area contributed by atoms with E-state index in [9.17, 15) is 14.4 Å². The molecule has 0 spiro atoms. The standard InChI is InChI=1S/C21H24N2O5/c1-14-4-6-16(7-5-14)19(22-15(2)24)12-20(25)23-17-8-10-18(11-9-17)28-13-21(26)27-3/h4-11,19H,12-13H2,1-3H3,(H,22,24)(H,23,25). The summed E-state index contributed by atoms with van der Waals surface area (Å²) in [7, 11) is 1.29. The summed E-state index contributed by atoms with van der Waals surface area (Å²) in [6, 6.07) is 13.9. The Kier molecular flexibility index (Phi) is 7.56. The second-order valence-electron chi connectivity index (χ2n) is 6.31. The van der Waals surface area contributed by atoms with Gasteiger partial charge in [0.2, 0.25) is 11.8 Å². The van der Waals surface area contributed by atoms with Crippen LogP contribution in [-0.2, 0) is 19.1 Å². The van der Waals surface area contributed by atoms with Gasteiger partial charge in [-0.2, -0.15) is 0 Å². The van der Waals surface area contributed by atoms with Gasteiger partial charge in [0.25, 0.3) is 0 Å². The van der Waals surface area contributed by atoms with E-state index in [0.29, 0.717) is 11.4 Å². The smallest absolute Gasteiger partial charge is 0.343 e. The second kappa shape index (κ2) is 10.1. The largest absolute Gasteiger partial charge is 0.482 e. The van der Waals surface area contributed by atoms with Gasteiger partial charge in [-0.25, -0.2) is 4.79 Å². The first kappa shape index (κ1) is 21.0. The number of nitrogens with one attached hydrogen (secondary N) is 2. The maximum Gasteiger partial charge on any atom is 0.343 e. The van der Waals surface area contributed by atoms with Crippen LogP contribution in [0.15, 0.2) is 48.5 Å². The molecule has 0 bridgehead atoms. The Morgan fingerprint density at radius 3 is 2.21 bits per heavy atom. The predicted octanol–water partition coefficient (Wildman–Crippen LogP) is 2.75. The third-order valence-electron chi connectivity index (χ3n) is 3.97. The van der Waals surface area contributed by atoms with Crippen molar-refractivity contribution >= 4 is 23.5 Å². The van der Waals surface area contributed by atoms with Gasteiger partial charge in [-0.15, -0.1) is 0 Å². The number of hydrogen-bond donors (Lipinski definition) is 2. The molecule has 2 aromatic rings. The number of benzene rings is 2. The summed E-state index contributed by atoms with van der Waals surface area (Å²) >= 11 is 0. The Morgan fingerprint density at radius 2 is 1.64 bits per heavy atom. The lowest BCUT2D eigenvalue weighted by Gasteiger charge is -2.18. The fraction of sp³-hybridized carbons (Fsp3) is 0.286. The molecule has 0 aliphatic heterocycles. The summed E-state index contributed by atoms with van der Waals surface area (Å²) in [4.78, 5) is 35.0. The average Bonchev–Trinajstić information content (AvgIpc) is 2.67. The number of rotatable bonds is 8. The van der Waals surface area contributed by atoms with Gasteiger partial charge in [0.1, 0.15) is 5.75 Å². The lowest BCUT2D eigenvalue weighted by atomic mass is 10.0. The maximum atomic E-state index is 12.4. The number of esters is 1. The number of ether oxygens (including phenoxy) is 2. The van der Waals surface area contributed by atoms with Crippen molar-refractivity contribution in [1.29, 1.82) is 0 Å². The van der Waals surface area contributed by atoms with Crippen molar-refractivity contribution in [3.8, 4) is 5.75 Å². The Hall–Kier alpha value is -3.35. The van der Waals surface area contributed by atoms with Crippen molar-refractivity contribution in [2.75, 3.05) is 19.0 Å². The summed E-state index contributed by atoms with van der Waals surface area (Å²) in [6.07, 6.45) is 0.100. The topological polar surface area (TPSA) is 93.7 Å². The monoisotopic (exact) mass is 384 g/mol. The normalized spacial score (nSPS) is 11.2. The molecule has 148 valence electrons. The third kappa shape index (κ3) is 6.75. The molecule has 0 radical (unpaired) electrons. The summed E-state index contributed by atoms with van der Waals surface area (Å²) in [6.45, 7) is 3.21. The molecule has 0 fully saturated rings. The van der Waals surface area contributed by atoms with E-state index >= 15 is 0 Å². The SMILES string of the molecule is COC(=O)COc1ccc(NC(=O)CC(NC(C)=O)c2ccc(C)cc2)cc1. The number of methoxy groups -OCH3 is 1. The zero-order chi connectivity index (χ0) is 20.5. The predicted molar refractivity (Wildman–Crippen MR) is 105 cm³/mol. The van der Waals surface area contributed by atoms with E-state index in [0.717, 1.165) is 11.1 Å². The quantitative estimate of drug-likeness (QED) is 0.683. The summed E-state index contributed by atoms with van der Waals surface area (Å²) in [5.41, 5.74) is 2.55.